The molecule has 0 aliphatic carbocycles. The maximum atomic E-state index is 12.8. The lowest BCUT2D eigenvalue weighted by Crippen LogP contribution is -2.51. The van der Waals surface area contributed by atoms with Crippen molar-refractivity contribution in [3.63, 3.8) is 0 Å². The molecule has 1 heterocycles. The lowest BCUT2D eigenvalue weighted by atomic mass is 9.81. The van der Waals surface area contributed by atoms with Gasteiger partial charge < -0.3 is 16.0 Å². The van der Waals surface area contributed by atoms with Crippen molar-refractivity contribution in [2.75, 3.05) is 13.1 Å². The van der Waals surface area contributed by atoms with E-state index in [4.69, 9.17) is 5.73 Å². The van der Waals surface area contributed by atoms with Crippen molar-refractivity contribution in [2.24, 2.45) is 5.73 Å². The molecule has 1 aromatic rings. The monoisotopic (exact) mass is 317 g/mol. The average molecular weight is 317 g/mol. The summed E-state index contributed by atoms with van der Waals surface area (Å²) in [7, 11) is 0. The summed E-state index contributed by atoms with van der Waals surface area (Å²) in [4.78, 5) is 25.7. The number of carbonyl (C=O) groups excluding carboxylic acids is 2. The predicted molar refractivity (Wildman–Crippen MR) is 91.0 cm³/mol. The zero-order valence-corrected chi connectivity index (χ0v) is 14.0. The van der Waals surface area contributed by atoms with Crippen LogP contribution in [0.25, 0.3) is 0 Å². The fraction of sp³-hybridized carbons (Fsp3) is 0.556. The number of benzene rings is 1. The molecule has 1 aliphatic rings. The molecule has 0 radical (unpaired) electrons. The van der Waals surface area contributed by atoms with E-state index in [1.165, 1.54) is 0 Å². The summed E-state index contributed by atoms with van der Waals surface area (Å²) < 4.78 is 0. The van der Waals surface area contributed by atoms with Crippen LogP contribution in [0.5, 0.6) is 0 Å². The van der Waals surface area contributed by atoms with E-state index in [-0.39, 0.29) is 17.4 Å². The molecule has 1 aliphatic heterocycles. The van der Waals surface area contributed by atoms with Crippen LogP contribution < -0.4 is 11.1 Å². The van der Waals surface area contributed by atoms with Crippen molar-refractivity contribution in [1.29, 1.82) is 0 Å². The number of amides is 3. The number of rotatable bonds is 5. The largest absolute Gasteiger partial charge is 0.352 e. The van der Waals surface area contributed by atoms with E-state index in [9.17, 15) is 9.59 Å². The third kappa shape index (κ3) is 4.71. The molecular formula is C18H27N3O2. The van der Waals surface area contributed by atoms with E-state index in [1.807, 2.05) is 23.1 Å². The van der Waals surface area contributed by atoms with E-state index in [0.29, 0.717) is 13.0 Å². The van der Waals surface area contributed by atoms with Crippen LogP contribution in [0.2, 0.25) is 0 Å². The lowest BCUT2D eigenvalue weighted by Gasteiger charge is -2.38. The van der Waals surface area contributed by atoms with Crippen molar-refractivity contribution >= 4 is 11.9 Å². The Hall–Kier alpha value is -2.04. The van der Waals surface area contributed by atoms with Gasteiger partial charge in [-0.25, -0.2) is 4.79 Å². The number of likely N-dealkylation sites (tertiary alicyclic amines) is 1. The fourth-order valence-electron chi connectivity index (χ4n) is 3.23. The number of nitrogens with two attached hydrogens (primary N) is 1. The molecule has 1 aromatic carbocycles. The van der Waals surface area contributed by atoms with E-state index < -0.39 is 6.03 Å². The van der Waals surface area contributed by atoms with Crippen LogP contribution in [-0.4, -0.2) is 36.0 Å². The molecular weight excluding hydrogens is 290 g/mol. The zero-order valence-electron chi connectivity index (χ0n) is 14.0. The molecule has 126 valence electrons. The van der Waals surface area contributed by atoms with Crippen LogP contribution in [0.1, 0.15) is 45.1 Å². The van der Waals surface area contributed by atoms with Gasteiger partial charge in [0.05, 0.1) is 0 Å². The minimum atomic E-state index is -0.535. The summed E-state index contributed by atoms with van der Waals surface area (Å²) in [6.07, 6.45) is 3.48. The Labute approximate surface area is 138 Å². The maximum absolute atomic E-state index is 12.8. The topological polar surface area (TPSA) is 75.4 Å². The van der Waals surface area contributed by atoms with Crippen molar-refractivity contribution in [3.05, 3.63) is 35.9 Å². The van der Waals surface area contributed by atoms with Crippen molar-refractivity contribution in [2.45, 2.75) is 51.0 Å². The number of hydrogen-bond donors (Lipinski definition) is 2. The van der Waals surface area contributed by atoms with Crippen LogP contribution >= 0.6 is 0 Å². The Morgan fingerprint density at radius 2 is 1.96 bits per heavy atom. The van der Waals surface area contributed by atoms with Gasteiger partial charge >= 0.3 is 6.03 Å². The Bertz CT molecular complexity index is 542. The molecule has 0 bridgehead atoms. The van der Waals surface area contributed by atoms with Gasteiger partial charge in [0, 0.05) is 25.6 Å². The van der Waals surface area contributed by atoms with Gasteiger partial charge in [-0.05, 0) is 30.2 Å². The summed E-state index contributed by atoms with van der Waals surface area (Å²) in [5.74, 6) is 0.148. The normalized spacial score (nSPS) is 18.5. The Morgan fingerprint density at radius 3 is 2.61 bits per heavy atom. The Morgan fingerprint density at radius 1 is 1.26 bits per heavy atom. The molecule has 2 rings (SSSR count). The number of primary amides is 1. The number of carbonyl (C=O) groups is 2. The van der Waals surface area contributed by atoms with E-state index in [2.05, 4.69) is 31.3 Å². The van der Waals surface area contributed by atoms with E-state index >= 15 is 0 Å². The first kappa shape index (κ1) is 17.3. The second-order valence-corrected chi connectivity index (χ2v) is 6.91. The first-order chi connectivity index (χ1) is 10.9. The minimum absolute atomic E-state index is 0.0512. The molecule has 3 amide bonds. The van der Waals surface area contributed by atoms with Gasteiger partial charge in [0.1, 0.15) is 0 Å². The second-order valence-electron chi connectivity index (χ2n) is 6.91. The summed E-state index contributed by atoms with van der Waals surface area (Å²) >= 11 is 0. The van der Waals surface area contributed by atoms with Gasteiger partial charge in [0.15, 0.2) is 0 Å². The quantitative estimate of drug-likeness (QED) is 0.875. The molecule has 0 spiro atoms. The SMILES string of the molecule is CC(C)(CC(=O)N1CCCCC1CNC(N)=O)c1ccccc1. The highest BCUT2D eigenvalue weighted by Gasteiger charge is 2.31. The minimum Gasteiger partial charge on any atom is -0.352 e. The van der Waals surface area contributed by atoms with Crippen molar-refractivity contribution < 1.29 is 9.59 Å². The molecule has 5 heteroatoms. The van der Waals surface area contributed by atoms with Crippen LogP contribution in [0, 0.1) is 0 Å². The zero-order chi connectivity index (χ0) is 16.9. The van der Waals surface area contributed by atoms with Gasteiger partial charge in [-0.1, -0.05) is 44.2 Å². The van der Waals surface area contributed by atoms with Crippen LogP contribution in [0.4, 0.5) is 4.79 Å². The second kappa shape index (κ2) is 7.49. The standard InChI is InChI=1S/C18H27N3O2/c1-18(2,14-8-4-3-5-9-14)12-16(22)21-11-7-6-10-15(21)13-20-17(19)23/h3-5,8-9,15H,6-7,10-13H2,1-2H3,(H3,19,20,23). The lowest BCUT2D eigenvalue weighted by molar-refractivity contribution is -0.135. The van der Waals surface area contributed by atoms with E-state index in [1.54, 1.807) is 0 Å². The van der Waals surface area contributed by atoms with Crippen molar-refractivity contribution in [3.8, 4) is 0 Å². The first-order valence-corrected chi connectivity index (χ1v) is 8.28. The number of hydrogen-bond acceptors (Lipinski definition) is 2. The summed E-state index contributed by atoms with van der Waals surface area (Å²) in [6.45, 7) is 5.39. The van der Waals surface area contributed by atoms with Crippen LogP contribution in [0.3, 0.4) is 0 Å². The molecule has 1 unspecified atom stereocenters. The number of urea groups is 1. The Balaban J connectivity index is 2.03. The molecule has 3 N–H and O–H groups in total. The third-order valence-corrected chi connectivity index (χ3v) is 4.61. The predicted octanol–water partition coefficient (Wildman–Crippen LogP) is 2.40. The van der Waals surface area contributed by atoms with E-state index in [0.717, 1.165) is 31.4 Å². The van der Waals surface area contributed by atoms with Crippen LogP contribution in [-0.2, 0) is 10.2 Å². The fourth-order valence-corrected chi connectivity index (χ4v) is 3.23. The summed E-state index contributed by atoms with van der Waals surface area (Å²) in [5.41, 5.74) is 6.11. The third-order valence-electron chi connectivity index (χ3n) is 4.61. The molecule has 23 heavy (non-hydrogen) atoms. The highest BCUT2D eigenvalue weighted by molar-refractivity contribution is 5.78. The molecule has 0 aromatic heterocycles. The molecule has 1 atom stereocenters. The van der Waals surface area contributed by atoms with Gasteiger partial charge in [-0.3, -0.25) is 4.79 Å². The molecule has 1 saturated heterocycles. The number of piperidine rings is 1. The summed E-state index contributed by atoms with van der Waals surface area (Å²) in [5, 5.41) is 2.64. The van der Waals surface area contributed by atoms with Crippen LogP contribution in [0.15, 0.2) is 30.3 Å². The number of nitrogens with one attached hydrogen (secondary N) is 1. The van der Waals surface area contributed by atoms with Gasteiger partial charge in [0.2, 0.25) is 5.91 Å². The highest BCUT2D eigenvalue weighted by atomic mass is 16.2. The highest BCUT2D eigenvalue weighted by Crippen LogP contribution is 2.29. The maximum Gasteiger partial charge on any atom is 0.312 e. The molecule has 5 nitrogen and oxygen atoms in total. The van der Waals surface area contributed by atoms with Gasteiger partial charge in [0.25, 0.3) is 0 Å². The average Bonchev–Trinajstić information content (AvgIpc) is 2.53. The first-order valence-electron chi connectivity index (χ1n) is 8.28. The summed E-state index contributed by atoms with van der Waals surface area (Å²) in [6, 6.07) is 9.63. The van der Waals surface area contributed by atoms with Crippen molar-refractivity contribution in [1.82, 2.24) is 10.2 Å². The van der Waals surface area contributed by atoms with Gasteiger partial charge in [-0.2, -0.15) is 0 Å². The smallest absolute Gasteiger partial charge is 0.312 e. The van der Waals surface area contributed by atoms with Gasteiger partial charge in [-0.15, -0.1) is 0 Å². The Kier molecular flexibility index (Phi) is 5.64. The number of nitrogens with zero attached hydrogens (tertiary/aromatic N) is 1. The molecule has 1 fully saturated rings. The molecule has 0 saturated carbocycles.